The molecule has 1 nitrogen and oxygen atoms in total. The molecule has 0 aliphatic carbocycles. The molecule has 0 saturated heterocycles. The number of pyridine rings is 1. The third-order valence-electron chi connectivity index (χ3n) is 0.998. The molecule has 1 aromatic heterocycles. The van der Waals surface area contributed by atoms with Gasteiger partial charge in [-0.15, -0.1) is 0 Å². The van der Waals surface area contributed by atoms with Crippen LogP contribution in [0.3, 0.4) is 0 Å². The number of halogens is 3. The molecule has 0 bridgehead atoms. The van der Waals surface area contributed by atoms with Crippen LogP contribution in [-0.2, 0) is 6.67 Å². The van der Waals surface area contributed by atoms with Crippen molar-refractivity contribution in [1.82, 2.24) is 4.98 Å². The summed E-state index contributed by atoms with van der Waals surface area (Å²) in [5.74, 6) is -0.405. The van der Waals surface area contributed by atoms with Crippen molar-refractivity contribution < 1.29 is 8.78 Å². The van der Waals surface area contributed by atoms with Crippen LogP contribution in [0.15, 0.2) is 12.1 Å². The Labute approximate surface area is 70.6 Å². The van der Waals surface area contributed by atoms with E-state index in [0.717, 1.165) is 0 Å². The van der Waals surface area contributed by atoms with Gasteiger partial charge < -0.3 is 0 Å². The van der Waals surface area contributed by atoms with Crippen molar-refractivity contribution in [2.24, 2.45) is 0 Å². The molecule has 0 aliphatic heterocycles. The molecule has 0 radical (unpaired) electrons. The molecule has 0 N–H and O–H groups in total. The van der Waals surface area contributed by atoms with Crippen molar-refractivity contribution in [2.45, 2.75) is 6.67 Å². The minimum atomic E-state index is -0.643. The number of rotatable bonds is 1. The van der Waals surface area contributed by atoms with Crippen molar-refractivity contribution in [3.8, 4) is 0 Å². The van der Waals surface area contributed by atoms with Gasteiger partial charge in [-0.05, 0) is 34.7 Å². The van der Waals surface area contributed by atoms with Gasteiger partial charge in [-0.25, -0.2) is 13.8 Å². The monoisotopic (exact) mass is 255 g/mol. The molecule has 0 saturated carbocycles. The number of hydrogen-bond donors (Lipinski definition) is 0. The minimum absolute atomic E-state index is 0.216. The molecule has 1 heterocycles. The third-order valence-corrected chi connectivity index (χ3v) is 1.75. The summed E-state index contributed by atoms with van der Waals surface area (Å²) in [6.07, 6.45) is 0. The Hall–Kier alpha value is -0.260. The number of nitrogens with zero attached hydrogens (tertiary/aromatic N) is 1. The maximum Gasteiger partial charge on any atom is 0.155 e. The van der Waals surface area contributed by atoms with E-state index >= 15 is 0 Å². The van der Waals surface area contributed by atoms with Gasteiger partial charge in [-0.3, -0.25) is 0 Å². The molecule has 54 valence electrons. The van der Waals surface area contributed by atoms with E-state index in [4.69, 9.17) is 0 Å². The predicted octanol–water partition coefficient (Wildman–Crippen LogP) is 2.29. The molecule has 0 aliphatic rings. The molecule has 4 heteroatoms. The van der Waals surface area contributed by atoms with Gasteiger partial charge in [0.25, 0.3) is 0 Å². The molecule has 0 atom stereocenters. The summed E-state index contributed by atoms with van der Waals surface area (Å²) in [6.45, 7) is -0.643. The summed E-state index contributed by atoms with van der Waals surface area (Å²) >= 11 is 1.72. The van der Waals surface area contributed by atoms with Crippen molar-refractivity contribution in [3.63, 3.8) is 0 Å². The van der Waals surface area contributed by atoms with Gasteiger partial charge in [0.2, 0.25) is 0 Å². The number of aromatic nitrogens is 1. The lowest BCUT2D eigenvalue weighted by atomic mass is 10.4. The van der Waals surface area contributed by atoms with E-state index in [1.165, 1.54) is 12.1 Å². The summed E-state index contributed by atoms with van der Waals surface area (Å²) in [4.78, 5) is 3.63. The van der Waals surface area contributed by atoms with Crippen LogP contribution in [0.5, 0.6) is 0 Å². The minimum Gasteiger partial charge on any atom is -0.244 e. The molecular formula is C6H4F2IN. The Morgan fingerprint density at radius 2 is 2.20 bits per heavy atom. The van der Waals surface area contributed by atoms with E-state index in [0.29, 0.717) is 0 Å². The van der Waals surface area contributed by atoms with Gasteiger partial charge in [0.1, 0.15) is 10.4 Å². The predicted molar refractivity (Wildman–Crippen MR) is 41.7 cm³/mol. The summed E-state index contributed by atoms with van der Waals surface area (Å²) in [5, 5.41) is 0. The summed E-state index contributed by atoms with van der Waals surface area (Å²) in [6, 6.07) is 2.54. The fraction of sp³-hybridized carbons (Fsp3) is 0.167. The van der Waals surface area contributed by atoms with Crippen molar-refractivity contribution in [3.05, 3.63) is 27.3 Å². The first-order chi connectivity index (χ1) is 4.74. The van der Waals surface area contributed by atoms with Crippen LogP contribution in [0.4, 0.5) is 8.78 Å². The molecular weight excluding hydrogens is 251 g/mol. The summed E-state index contributed by atoms with van der Waals surface area (Å²) in [5.41, 5.74) is 0.269. The molecule has 1 aromatic rings. The van der Waals surface area contributed by atoms with Crippen molar-refractivity contribution in [1.29, 1.82) is 0 Å². The SMILES string of the molecule is FCc1ccc(F)c(I)n1. The third kappa shape index (κ3) is 1.62. The van der Waals surface area contributed by atoms with Gasteiger partial charge in [0, 0.05) is 0 Å². The Kier molecular flexibility index (Phi) is 2.53. The Bertz CT molecular complexity index is 239. The number of alkyl halides is 1. The molecule has 0 aromatic carbocycles. The highest BCUT2D eigenvalue weighted by molar-refractivity contribution is 14.1. The molecule has 0 spiro atoms. The summed E-state index contributed by atoms with van der Waals surface area (Å²) < 4.78 is 24.5. The van der Waals surface area contributed by atoms with E-state index in [1.807, 2.05) is 0 Å². The van der Waals surface area contributed by atoms with Gasteiger partial charge >= 0.3 is 0 Å². The molecule has 0 amide bonds. The normalized spacial score (nSPS) is 9.90. The van der Waals surface area contributed by atoms with Crippen LogP contribution >= 0.6 is 22.6 Å². The van der Waals surface area contributed by atoms with Crippen LogP contribution in [0.2, 0.25) is 0 Å². The zero-order valence-electron chi connectivity index (χ0n) is 4.94. The topological polar surface area (TPSA) is 12.9 Å². The summed E-state index contributed by atoms with van der Waals surface area (Å²) in [7, 11) is 0. The van der Waals surface area contributed by atoms with E-state index in [1.54, 1.807) is 22.6 Å². The average molecular weight is 255 g/mol. The largest absolute Gasteiger partial charge is 0.244 e. The van der Waals surface area contributed by atoms with Crippen LogP contribution in [0.25, 0.3) is 0 Å². The van der Waals surface area contributed by atoms with Gasteiger partial charge in [0.05, 0.1) is 5.69 Å². The van der Waals surface area contributed by atoms with E-state index in [2.05, 4.69) is 4.98 Å². The fourth-order valence-electron chi connectivity index (χ4n) is 0.529. The zero-order chi connectivity index (χ0) is 7.56. The van der Waals surface area contributed by atoms with Crippen molar-refractivity contribution in [2.75, 3.05) is 0 Å². The lowest BCUT2D eigenvalue weighted by molar-refractivity contribution is 0.473. The van der Waals surface area contributed by atoms with E-state index in [-0.39, 0.29) is 9.39 Å². The maximum atomic E-state index is 12.4. The Balaban J connectivity index is 3.04. The first-order valence-electron chi connectivity index (χ1n) is 2.61. The fourth-order valence-corrected chi connectivity index (χ4v) is 1.02. The number of hydrogen-bond acceptors (Lipinski definition) is 1. The van der Waals surface area contributed by atoms with Gasteiger partial charge in [-0.2, -0.15) is 0 Å². The Morgan fingerprint density at radius 3 is 2.70 bits per heavy atom. The highest BCUT2D eigenvalue weighted by Crippen LogP contribution is 2.08. The quantitative estimate of drug-likeness (QED) is 0.554. The second kappa shape index (κ2) is 3.23. The molecule has 10 heavy (non-hydrogen) atoms. The lowest BCUT2D eigenvalue weighted by Gasteiger charge is -1.94. The van der Waals surface area contributed by atoms with Gasteiger partial charge in [0.15, 0.2) is 5.82 Å². The standard InChI is InChI=1S/C6H4F2IN/c7-3-4-1-2-5(8)6(9)10-4/h1-2H,3H2. The van der Waals surface area contributed by atoms with Crippen molar-refractivity contribution >= 4 is 22.6 Å². The smallest absolute Gasteiger partial charge is 0.155 e. The van der Waals surface area contributed by atoms with Crippen LogP contribution in [-0.4, -0.2) is 4.98 Å². The highest BCUT2D eigenvalue weighted by atomic mass is 127. The molecule has 1 rings (SSSR count). The first-order valence-corrected chi connectivity index (χ1v) is 3.69. The average Bonchev–Trinajstić information content (AvgIpc) is 1.95. The first kappa shape index (κ1) is 7.84. The van der Waals surface area contributed by atoms with Gasteiger partial charge in [-0.1, -0.05) is 0 Å². The zero-order valence-corrected chi connectivity index (χ0v) is 7.10. The highest BCUT2D eigenvalue weighted by Gasteiger charge is 2.00. The van der Waals surface area contributed by atoms with Crippen LogP contribution in [0, 0.1) is 9.52 Å². The van der Waals surface area contributed by atoms with Crippen LogP contribution < -0.4 is 0 Å². The van der Waals surface area contributed by atoms with E-state index < -0.39 is 12.5 Å². The second-order valence-corrected chi connectivity index (χ2v) is 2.73. The van der Waals surface area contributed by atoms with E-state index in [9.17, 15) is 8.78 Å². The lowest BCUT2D eigenvalue weighted by Crippen LogP contribution is -1.91. The van der Waals surface area contributed by atoms with Crippen LogP contribution in [0.1, 0.15) is 5.69 Å². The molecule has 0 unspecified atom stereocenters. The Morgan fingerprint density at radius 1 is 1.50 bits per heavy atom. The maximum absolute atomic E-state index is 12.4. The molecule has 0 fully saturated rings. The second-order valence-electron chi connectivity index (χ2n) is 1.71.